The van der Waals surface area contributed by atoms with Crippen molar-refractivity contribution in [2.24, 2.45) is 5.92 Å². The lowest BCUT2D eigenvalue weighted by Crippen LogP contribution is -2.41. The Bertz CT molecular complexity index is 800. The van der Waals surface area contributed by atoms with Gasteiger partial charge in [-0.2, -0.15) is 0 Å². The lowest BCUT2D eigenvalue weighted by Gasteiger charge is -2.30. The summed E-state index contributed by atoms with van der Waals surface area (Å²) in [6.45, 7) is 4.62. The second kappa shape index (κ2) is 11.4. The van der Waals surface area contributed by atoms with E-state index in [0.717, 1.165) is 43.8 Å². The van der Waals surface area contributed by atoms with E-state index in [9.17, 15) is 9.59 Å². The van der Waals surface area contributed by atoms with Gasteiger partial charge in [0, 0.05) is 12.1 Å². The maximum absolute atomic E-state index is 12.3. The quantitative estimate of drug-likeness (QED) is 0.641. The Morgan fingerprint density at radius 3 is 2.40 bits per heavy atom. The van der Waals surface area contributed by atoms with E-state index in [2.05, 4.69) is 22.3 Å². The molecule has 30 heavy (non-hydrogen) atoms. The topological polar surface area (TPSA) is 67.9 Å². The van der Waals surface area contributed by atoms with Gasteiger partial charge in [0.15, 0.2) is 0 Å². The Balaban J connectivity index is 1.37. The molecule has 3 rings (SSSR count). The minimum absolute atomic E-state index is 0.0429. The highest BCUT2D eigenvalue weighted by molar-refractivity contribution is 5.92. The van der Waals surface area contributed by atoms with E-state index in [1.807, 2.05) is 49.4 Å². The van der Waals surface area contributed by atoms with E-state index in [1.54, 1.807) is 0 Å². The number of nitrogens with zero attached hydrogens (tertiary/aromatic N) is 1. The number of nitrogens with one attached hydrogen (secondary N) is 1. The fraction of sp³-hybridized carbons (Fsp3) is 0.417. The van der Waals surface area contributed by atoms with Crippen molar-refractivity contribution >= 4 is 17.6 Å². The molecule has 0 aliphatic carbocycles. The molecule has 2 aromatic carbocycles. The zero-order valence-electron chi connectivity index (χ0n) is 17.5. The summed E-state index contributed by atoms with van der Waals surface area (Å²) in [5, 5.41) is 2.92. The van der Waals surface area contributed by atoms with Crippen LogP contribution in [-0.2, 0) is 20.7 Å². The third kappa shape index (κ3) is 6.88. The molecule has 160 valence electrons. The predicted molar refractivity (Wildman–Crippen MR) is 117 cm³/mol. The molecule has 6 heteroatoms. The van der Waals surface area contributed by atoms with E-state index in [1.165, 1.54) is 5.56 Å². The number of esters is 1. The van der Waals surface area contributed by atoms with Crippen molar-refractivity contribution in [2.75, 3.05) is 38.2 Å². The number of likely N-dealkylation sites (tertiary alicyclic amines) is 1. The number of hydrogen-bond acceptors (Lipinski definition) is 5. The van der Waals surface area contributed by atoms with Crippen molar-refractivity contribution in [2.45, 2.75) is 26.2 Å². The van der Waals surface area contributed by atoms with Crippen LogP contribution in [0, 0.1) is 5.92 Å². The second-order valence-corrected chi connectivity index (χ2v) is 7.46. The van der Waals surface area contributed by atoms with Crippen LogP contribution in [0.25, 0.3) is 0 Å². The summed E-state index contributed by atoms with van der Waals surface area (Å²) in [7, 11) is 0. The number of carbonyl (C=O) groups is 2. The number of amides is 1. The Morgan fingerprint density at radius 2 is 1.73 bits per heavy atom. The Morgan fingerprint density at radius 1 is 1.03 bits per heavy atom. The zero-order chi connectivity index (χ0) is 21.2. The summed E-state index contributed by atoms with van der Waals surface area (Å²) in [6.07, 6.45) is 2.33. The van der Waals surface area contributed by atoms with Crippen LogP contribution in [0.1, 0.15) is 25.3 Å². The first-order valence-corrected chi connectivity index (χ1v) is 10.6. The standard InChI is InChI=1S/C24H30N2O4/c1-2-29-24(28)20-12-15-26(16-13-20)18-23(27)25-21-8-10-22(11-9-21)30-17-14-19-6-4-3-5-7-19/h3-11,20H,2,12-18H2,1H3,(H,25,27). The van der Waals surface area contributed by atoms with E-state index in [4.69, 9.17) is 9.47 Å². The Kier molecular flexibility index (Phi) is 8.27. The number of rotatable bonds is 9. The number of ether oxygens (including phenoxy) is 2. The van der Waals surface area contributed by atoms with Crippen molar-refractivity contribution in [3.05, 3.63) is 60.2 Å². The van der Waals surface area contributed by atoms with Crippen LogP contribution < -0.4 is 10.1 Å². The molecule has 1 aliphatic rings. The highest BCUT2D eigenvalue weighted by atomic mass is 16.5. The SMILES string of the molecule is CCOC(=O)C1CCN(CC(=O)Nc2ccc(OCCc3ccccc3)cc2)CC1. The summed E-state index contributed by atoms with van der Waals surface area (Å²) in [4.78, 5) is 26.2. The fourth-order valence-electron chi connectivity index (χ4n) is 3.56. The summed E-state index contributed by atoms with van der Waals surface area (Å²) in [5.74, 6) is 0.568. The summed E-state index contributed by atoms with van der Waals surface area (Å²) in [5.41, 5.74) is 1.99. The van der Waals surface area contributed by atoms with Crippen molar-refractivity contribution in [3.63, 3.8) is 0 Å². The first kappa shape index (κ1) is 21.8. The van der Waals surface area contributed by atoms with E-state index in [0.29, 0.717) is 19.8 Å². The lowest BCUT2D eigenvalue weighted by atomic mass is 9.97. The molecule has 6 nitrogen and oxygen atoms in total. The molecule has 0 atom stereocenters. The summed E-state index contributed by atoms with van der Waals surface area (Å²) < 4.78 is 10.9. The van der Waals surface area contributed by atoms with E-state index >= 15 is 0 Å². The van der Waals surface area contributed by atoms with Gasteiger partial charge in [0.1, 0.15) is 5.75 Å². The van der Waals surface area contributed by atoms with Crippen molar-refractivity contribution in [3.8, 4) is 5.75 Å². The number of anilines is 1. The molecule has 1 amide bonds. The molecule has 0 aromatic heterocycles. The highest BCUT2D eigenvalue weighted by Crippen LogP contribution is 2.19. The van der Waals surface area contributed by atoms with Crippen LogP contribution in [0.15, 0.2) is 54.6 Å². The summed E-state index contributed by atoms with van der Waals surface area (Å²) >= 11 is 0. The number of piperidine rings is 1. The van der Waals surface area contributed by atoms with Crippen LogP contribution in [0.4, 0.5) is 5.69 Å². The molecule has 2 aromatic rings. The smallest absolute Gasteiger partial charge is 0.309 e. The lowest BCUT2D eigenvalue weighted by molar-refractivity contribution is -0.149. The zero-order valence-corrected chi connectivity index (χ0v) is 17.5. The molecular formula is C24H30N2O4. The Labute approximate surface area is 178 Å². The van der Waals surface area contributed by atoms with Crippen molar-refractivity contribution in [1.29, 1.82) is 0 Å². The third-order valence-corrected chi connectivity index (χ3v) is 5.22. The van der Waals surface area contributed by atoms with E-state index < -0.39 is 0 Å². The molecule has 0 spiro atoms. The molecular weight excluding hydrogens is 380 g/mol. The van der Waals surface area contributed by atoms with Crippen LogP contribution in [0.5, 0.6) is 5.75 Å². The first-order chi connectivity index (χ1) is 14.6. The molecule has 0 radical (unpaired) electrons. The molecule has 0 unspecified atom stereocenters. The minimum atomic E-state index is -0.118. The molecule has 0 saturated carbocycles. The molecule has 1 fully saturated rings. The number of hydrogen-bond donors (Lipinski definition) is 1. The minimum Gasteiger partial charge on any atom is -0.493 e. The van der Waals surface area contributed by atoms with Gasteiger partial charge in [0.05, 0.1) is 25.7 Å². The Hall–Kier alpha value is -2.86. The fourth-order valence-corrected chi connectivity index (χ4v) is 3.56. The van der Waals surface area contributed by atoms with Gasteiger partial charge < -0.3 is 14.8 Å². The van der Waals surface area contributed by atoms with Gasteiger partial charge in [-0.3, -0.25) is 14.5 Å². The average molecular weight is 411 g/mol. The van der Waals surface area contributed by atoms with Gasteiger partial charge >= 0.3 is 5.97 Å². The van der Waals surface area contributed by atoms with Gasteiger partial charge in [-0.25, -0.2) is 0 Å². The third-order valence-electron chi connectivity index (χ3n) is 5.22. The number of carbonyl (C=O) groups excluding carboxylic acids is 2. The highest BCUT2D eigenvalue weighted by Gasteiger charge is 2.26. The van der Waals surface area contributed by atoms with Crippen molar-refractivity contribution in [1.82, 2.24) is 4.90 Å². The van der Waals surface area contributed by atoms with Crippen LogP contribution >= 0.6 is 0 Å². The van der Waals surface area contributed by atoms with Gasteiger partial charge in [-0.15, -0.1) is 0 Å². The van der Waals surface area contributed by atoms with Crippen LogP contribution in [0.2, 0.25) is 0 Å². The second-order valence-electron chi connectivity index (χ2n) is 7.46. The molecule has 0 bridgehead atoms. The monoisotopic (exact) mass is 410 g/mol. The molecule has 1 saturated heterocycles. The maximum atomic E-state index is 12.3. The predicted octanol–water partition coefficient (Wildman–Crippen LogP) is 3.52. The van der Waals surface area contributed by atoms with Crippen LogP contribution in [0.3, 0.4) is 0 Å². The van der Waals surface area contributed by atoms with Gasteiger partial charge in [0.25, 0.3) is 0 Å². The van der Waals surface area contributed by atoms with Crippen molar-refractivity contribution < 1.29 is 19.1 Å². The largest absolute Gasteiger partial charge is 0.493 e. The molecule has 1 aliphatic heterocycles. The normalized spacial score (nSPS) is 14.8. The number of benzene rings is 2. The van der Waals surface area contributed by atoms with Gasteiger partial charge in [0.2, 0.25) is 5.91 Å². The van der Waals surface area contributed by atoms with E-state index in [-0.39, 0.29) is 17.8 Å². The average Bonchev–Trinajstić information content (AvgIpc) is 2.76. The van der Waals surface area contributed by atoms with Gasteiger partial charge in [-0.1, -0.05) is 30.3 Å². The summed E-state index contributed by atoms with van der Waals surface area (Å²) in [6, 6.07) is 17.7. The first-order valence-electron chi connectivity index (χ1n) is 10.6. The van der Waals surface area contributed by atoms with Gasteiger partial charge in [-0.05, 0) is 62.7 Å². The maximum Gasteiger partial charge on any atom is 0.309 e. The molecule has 1 N–H and O–H groups in total. The van der Waals surface area contributed by atoms with Crippen LogP contribution in [-0.4, -0.2) is 49.6 Å². The molecule has 1 heterocycles.